The smallest absolute Gasteiger partial charge is 0.295 e. The lowest BCUT2D eigenvalue weighted by atomic mass is 10.0. The quantitative estimate of drug-likeness (QED) is 0.0637. The van der Waals surface area contributed by atoms with Gasteiger partial charge in [0.1, 0.15) is 44.0 Å². The molecule has 0 atom stereocenters. The van der Waals surface area contributed by atoms with Crippen molar-refractivity contribution < 1.29 is 40.5 Å². The van der Waals surface area contributed by atoms with E-state index in [1.54, 1.807) is 66.7 Å². The molecule has 0 radical (unpaired) electrons. The number of hydrogen-bond acceptors (Lipinski definition) is 12. The molecule has 0 spiro atoms. The van der Waals surface area contributed by atoms with Crippen molar-refractivity contribution >= 4 is 70.2 Å². The van der Waals surface area contributed by atoms with E-state index in [1.807, 2.05) is 0 Å². The Morgan fingerprint density at radius 2 is 0.940 bits per heavy atom. The molecule has 0 fully saturated rings. The average Bonchev–Trinajstić information content (AvgIpc) is 3.10. The fraction of sp³-hybridized carbons (Fsp3) is 0.0588. The minimum atomic E-state index is -4.64. The molecule has 0 aromatic heterocycles. The number of phenols is 1. The summed E-state index contributed by atoms with van der Waals surface area (Å²) in [5.41, 5.74) is 8.22. The van der Waals surface area contributed by atoms with Crippen molar-refractivity contribution in [3.63, 3.8) is 0 Å². The van der Waals surface area contributed by atoms with Gasteiger partial charge in [-0.1, -0.05) is 60.7 Å². The van der Waals surface area contributed by atoms with Crippen LogP contribution in [0.4, 0.5) is 28.4 Å². The Balaban J connectivity index is 1.32. The first-order valence-electron chi connectivity index (χ1n) is 14.5. The lowest BCUT2D eigenvalue weighted by Crippen LogP contribution is -2.01. The van der Waals surface area contributed by atoms with E-state index in [9.17, 15) is 31.0 Å². The number of nitrogen functional groups attached to an aromatic ring is 1. The number of phenolic OH excluding ortho intramolecular Hbond substituents is 1. The Morgan fingerprint density at radius 3 is 1.42 bits per heavy atom. The van der Waals surface area contributed by atoms with E-state index in [-0.39, 0.29) is 49.6 Å². The van der Waals surface area contributed by atoms with Gasteiger partial charge in [0, 0.05) is 21.5 Å². The van der Waals surface area contributed by atoms with Crippen LogP contribution in [0.2, 0.25) is 0 Å². The highest BCUT2D eigenvalue weighted by atomic mass is 32.2. The number of rotatable bonds is 9. The number of azo groups is 2. The molecule has 6 rings (SSSR count). The van der Waals surface area contributed by atoms with Crippen molar-refractivity contribution in [3.05, 3.63) is 97.1 Å². The van der Waals surface area contributed by atoms with Crippen LogP contribution >= 0.6 is 0 Å². The Hall–Kier alpha value is -5.94. The van der Waals surface area contributed by atoms with Crippen LogP contribution in [0, 0.1) is 0 Å². The van der Waals surface area contributed by atoms with Crippen molar-refractivity contribution in [3.8, 4) is 28.4 Å². The lowest BCUT2D eigenvalue weighted by Gasteiger charge is -2.11. The fourth-order valence-electron chi connectivity index (χ4n) is 5.34. The van der Waals surface area contributed by atoms with E-state index in [1.165, 1.54) is 32.4 Å². The Labute approximate surface area is 285 Å². The van der Waals surface area contributed by atoms with Gasteiger partial charge in [0.15, 0.2) is 5.75 Å². The standard InChI is InChI=1S/C34H27N5O9S2/c1-47-29-15-19(11-13-25(29)36-38-27-17-31(49(41,42)43)21-7-3-5-9-23(21)33(27)35)20-12-14-26(30(16-20)48-2)37-39-28-18-32(50(44,45)46)22-8-4-6-10-24(22)34(28)40/h3-18,40H,35H2,1-2H3,(H,41,42,43)(H,44,45,46). The normalized spacial score (nSPS) is 12.3. The number of ether oxygens (including phenoxy) is 2. The molecule has 5 N–H and O–H groups in total. The number of methoxy groups -OCH3 is 2. The first-order valence-corrected chi connectivity index (χ1v) is 17.4. The van der Waals surface area contributed by atoms with Gasteiger partial charge in [0.25, 0.3) is 20.2 Å². The Kier molecular flexibility index (Phi) is 8.94. The third kappa shape index (κ3) is 6.55. The maximum absolute atomic E-state index is 12.1. The van der Waals surface area contributed by atoms with Gasteiger partial charge in [0.2, 0.25) is 0 Å². The molecule has 0 heterocycles. The van der Waals surface area contributed by atoms with E-state index < -0.39 is 25.1 Å². The molecule has 0 amide bonds. The number of hydrogen-bond donors (Lipinski definition) is 4. The van der Waals surface area contributed by atoms with Crippen molar-refractivity contribution in [2.24, 2.45) is 20.5 Å². The number of nitrogens with two attached hydrogens (primary N) is 1. The van der Waals surface area contributed by atoms with Crippen LogP contribution in [0.5, 0.6) is 17.2 Å². The maximum Gasteiger partial charge on any atom is 0.295 e. The van der Waals surface area contributed by atoms with Crippen molar-refractivity contribution in [2.45, 2.75) is 9.79 Å². The van der Waals surface area contributed by atoms with Gasteiger partial charge < -0.3 is 20.3 Å². The Bertz CT molecular complexity index is 2430. The molecule has 0 aliphatic rings. The van der Waals surface area contributed by atoms with Gasteiger partial charge in [-0.15, -0.1) is 20.5 Å². The summed E-state index contributed by atoms with van der Waals surface area (Å²) < 4.78 is 78.9. The van der Waals surface area contributed by atoms with Crippen LogP contribution in [0.1, 0.15) is 0 Å². The van der Waals surface area contributed by atoms with Crippen molar-refractivity contribution in [2.75, 3.05) is 20.0 Å². The molecular weight excluding hydrogens is 687 g/mol. The van der Waals surface area contributed by atoms with Crippen LogP contribution in [-0.4, -0.2) is 45.3 Å². The second-order valence-corrected chi connectivity index (χ2v) is 13.5. The molecule has 16 heteroatoms. The second-order valence-electron chi connectivity index (χ2n) is 10.8. The number of fused-ring (bicyclic) bond motifs is 2. The minimum Gasteiger partial charge on any atom is -0.505 e. The summed E-state index contributed by atoms with van der Waals surface area (Å²) in [5, 5.41) is 28.3. The molecule has 0 aliphatic heterocycles. The highest BCUT2D eigenvalue weighted by Crippen LogP contribution is 2.42. The van der Waals surface area contributed by atoms with Crippen LogP contribution in [-0.2, 0) is 20.2 Å². The molecule has 6 aromatic rings. The van der Waals surface area contributed by atoms with Gasteiger partial charge >= 0.3 is 0 Å². The summed E-state index contributed by atoms with van der Waals surface area (Å²) >= 11 is 0. The first-order chi connectivity index (χ1) is 23.8. The molecule has 0 aliphatic carbocycles. The summed E-state index contributed by atoms with van der Waals surface area (Å²) in [6, 6.07) is 24.8. The van der Waals surface area contributed by atoms with Gasteiger partial charge in [0.05, 0.1) is 19.9 Å². The summed E-state index contributed by atoms with van der Waals surface area (Å²) in [4.78, 5) is -0.782. The lowest BCUT2D eigenvalue weighted by molar-refractivity contribution is 0.415. The predicted molar refractivity (Wildman–Crippen MR) is 187 cm³/mol. The molecular formula is C34H27N5O9S2. The van der Waals surface area contributed by atoms with Crippen molar-refractivity contribution in [1.29, 1.82) is 0 Å². The highest BCUT2D eigenvalue weighted by Gasteiger charge is 2.21. The minimum absolute atomic E-state index is 0.0307. The monoisotopic (exact) mass is 713 g/mol. The zero-order chi connectivity index (χ0) is 35.8. The third-order valence-corrected chi connectivity index (χ3v) is 9.55. The van der Waals surface area contributed by atoms with Gasteiger partial charge in [-0.2, -0.15) is 16.8 Å². The summed E-state index contributed by atoms with van der Waals surface area (Å²) in [5.74, 6) is 0.300. The summed E-state index contributed by atoms with van der Waals surface area (Å²) in [6.07, 6.45) is 0. The average molecular weight is 714 g/mol. The fourth-order valence-corrected chi connectivity index (χ4v) is 6.78. The Morgan fingerprint density at radius 1 is 0.540 bits per heavy atom. The maximum atomic E-state index is 12.1. The molecule has 50 heavy (non-hydrogen) atoms. The molecule has 254 valence electrons. The second kappa shape index (κ2) is 13.2. The zero-order valence-corrected chi connectivity index (χ0v) is 27.8. The molecule has 14 nitrogen and oxygen atoms in total. The molecule has 0 saturated carbocycles. The predicted octanol–water partition coefficient (Wildman–Crippen LogP) is 8.29. The SMILES string of the molecule is COc1cc(-c2ccc(N=Nc3cc(S(=O)(=O)O)c4ccccc4c3O)c(OC)c2)ccc1N=Nc1cc(S(=O)(=O)O)c2ccccc2c1N. The molecule has 0 unspecified atom stereocenters. The van der Waals surface area contributed by atoms with Crippen LogP contribution in [0.3, 0.4) is 0 Å². The largest absolute Gasteiger partial charge is 0.505 e. The summed E-state index contributed by atoms with van der Waals surface area (Å²) in [7, 11) is -6.36. The molecule has 6 aromatic carbocycles. The molecule has 0 saturated heterocycles. The van der Waals surface area contributed by atoms with Gasteiger partial charge in [-0.25, -0.2) is 0 Å². The van der Waals surface area contributed by atoms with E-state index >= 15 is 0 Å². The summed E-state index contributed by atoms with van der Waals surface area (Å²) in [6.45, 7) is 0. The van der Waals surface area contributed by atoms with E-state index in [0.717, 1.165) is 12.1 Å². The molecule has 0 bridgehead atoms. The van der Waals surface area contributed by atoms with E-state index in [4.69, 9.17) is 15.2 Å². The topological polar surface area (TPSA) is 223 Å². The van der Waals surface area contributed by atoms with Crippen LogP contribution < -0.4 is 15.2 Å². The van der Waals surface area contributed by atoms with Crippen LogP contribution in [0.15, 0.2) is 127 Å². The number of nitrogens with zero attached hydrogens (tertiary/aromatic N) is 4. The zero-order valence-electron chi connectivity index (χ0n) is 26.2. The van der Waals surface area contributed by atoms with Gasteiger partial charge in [-0.3, -0.25) is 9.11 Å². The third-order valence-electron chi connectivity index (χ3n) is 7.76. The number of anilines is 1. The first kappa shape index (κ1) is 33.9. The van der Waals surface area contributed by atoms with E-state index in [2.05, 4.69) is 20.5 Å². The number of benzene rings is 6. The van der Waals surface area contributed by atoms with Crippen molar-refractivity contribution in [1.82, 2.24) is 0 Å². The van der Waals surface area contributed by atoms with Gasteiger partial charge in [-0.05, 0) is 47.5 Å². The van der Waals surface area contributed by atoms with E-state index in [0.29, 0.717) is 33.7 Å². The van der Waals surface area contributed by atoms with Crippen LogP contribution in [0.25, 0.3) is 32.7 Å². The number of aromatic hydroxyl groups is 1. The highest BCUT2D eigenvalue weighted by molar-refractivity contribution is 7.86.